The Morgan fingerprint density at radius 1 is 1.03 bits per heavy atom. The minimum atomic E-state index is -0.736. The molecule has 1 aliphatic heterocycles. The molecule has 2 aromatic rings. The molecule has 1 heterocycles. The van der Waals surface area contributed by atoms with Crippen LogP contribution in [-0.2, 0) is 9.59 Å². The molecule has 0 spiro atoms. The summed E-state index contributed by atoms with van der Waals surface area (Å²) in [6.45, 7) is 0. The number of nitro benzene ring substituents is 1. The largest absolute Gasteiger partial charge is 0.497 e. The molecule has 160 valence electrons. The molecule has 1 fully saturated rings. The van der Waals surface area contributed by atoms with E-state index in [-0.39, 0.29) is 33.4 Å². The molecule has 0 bridgehead atoms. The molecule has 1 saturated heterocycles. The first-order chi connectivity index (χ1) is 14.8. The first-order valence-electron chi connectivity index (χ1n) is 8.76. The van der Waals surface area contributed by atoms with Crippen molar-refractivity contribution in [3.05, 3.63) is 57.6 Å². The van der Waals surface area contributed by atoms with Gasteiger partial charge in [-0.25, -0.2) is 0 Å². The van der Waals surface area contributed by atoms with Gasteiger partial charge in [-0.15, -0.1) is 0 Å². The number of hydrogen-bond donors (Lipinski definition) is 1. The van der Waals surface area contributed by atoms with Crippen LogP contribution in [0.5, 0.6) is 17.2 Å². The minimum Gasteiger partial charge on any atom is -0.497 e. The SMILES string of the molecule is COc1ccc(N2C(=O)C(=Cc3cc([N+](=O)[O-])c(OC)cc3OC)C(=O)NC2=S)cc1. The van der Waals surface area contributed by atoms with E-state index in [0.29, 0.717) is 11.4 Å². The van der Waals surface area contributed by atoms with Gasteiger partial charge in [0.15, 0.2) is 5.11 Å². The van der Waals surface area contributed by atoms with Crippen molar-refractivity contribution < 1.29 is 28.7 Å². The van der Waals surface area contributed by atoms with Gasteiger partial charge in [-0.3, -0.25) is 29.9 Å². The highest BCUT2D eigenvalue weighted by atomic mass is 32.1. The highest BCUT2D eigenvalue weighted by Gasteiger charge is 2.35. The number of nitro groups is 1. The lowest BCUT2D eigenvalue weighted by molar-refractivity contribution is -0.385. The number of rotatable bonds is 6. The molecular formula is C20H17N3O7S. The van der Waals surface area contributed by atoms with Crippen molar-refractivity contribution in [2.45, 2.75) is 0 Å². The van der Waals surface area contributed by atoms with Crippen LogP contribution in [0.4, 0.5) is 11.4 Å². The van der Waals surface area contributed by atoms with Crippen molar-refractivity contribution in [2.24, 2.45) is 0 Å². The van der Waals surface area contributed by atoms with Gasteiger partial charge >= 0.3 is 5.69 Å². The molecular weight excluding hydrogens is 426 g/mol. The van der Waals surface area contributed by atoms with E-state index >= 15 is 0 Å². The Morgan fingerprint density at radius 2 is 1.68 bits per heavy atom. The number of hydrogen-bond acceptors (Lipinski definition) is 8. The first-order valence-corrected chi connectivity index (χ1v) is 9.17. The Labute approximate surface area is 182 Å². The van der Waals surface area contributed by atoms with Gasteiger partial charge in [-0.1, -0.05) is 0 Å². The topological polar surface area (TPSA) is 120 Å². The lowest BCUT2D eigenvalue weighted by Gasteiger charge is -2.29. The number of carbonyl (C=O) groups excluding carboxylic acids is 2. The maximum Gasteiger partial charge on any atom is 0.311 e. The van der Waals surface area contributed by atoms with Gasteiger partial charge in [0.25, 0.3) is 11.8 Å². The summed E-state index contributed by atoms with van der Waals surface area (Å²) in [6.07, 6.45) is 1.21. The molecule has 2 amide bonds. The molecule has 31 heavy (non-hydrogen) atoms. The number of carbonyl (C=O) groups is 2. The van der Waals surface area contributed by atoms with Crippen LogP contribution in [0.2, 0.25) is 0 Å². The van der Waals surface area contributed by atoms with Crippen LogP contribution in [0.15, 0.2) is 42.0 Å². The molecule has 0 aromatic heterocycles. The molecule has 11 heteroatoms. The van der Waals surface area contributed by atoms with Crippen LogP contribution in [0.25, 0.3) is 6.08 Å². The summed E-state index contributed by atoms with van der Waals surface area (Å²) in [5.74, 6) is -0.696. The Bertz CT molecular complexity index is 1110. The van der Waals surface area contributed by atoms with E-state index in [0.717, 1.165) is 11.0 Å². The van der Waals surface area contributed by atoms with Gasteiger partial charge < -0.3 is 14.2 Å². The molecule has 0 radical (unpaired) electrons. The summed E-state index contributed by atoms with van der Waals surface area (Å²) in [5.41, 5.74) is -0.0612. The zero-order valence-corrected chi connectivity index (χ0v) is 17.5. The van der Waals surface area contributed by atoms with Gasteiger partial charge in [0.2, 0.25) is 5.75 Å². The number of methoxy groups -OCH3 is 3. The van der Waals surface area contributed by atoms with Crippen LogP contribution in [-0.4, -0.2) is 43.2 Å². The normalized spacial score (nSPS) is 15.0. The van der Waals surface area contributed by atoms with Crippen molar-refractivity contribution in [3.8, 4) is 17.2 Å². The Balaban J connectivity index is 2.09. The lowest BCUT2D eigenvalue weighted by Crippen LogP contribution is -2.54. The van der Waals surface area contributed by atoms with E-state index in [1.54, 1.807) is 24.3 Å². The number of nitrogens with one attached hydrogen (secondary N) is 1. The number of benzene rings is 2. The summed E-state index contributed by atoms with van der Waals surface area (Å²) in [5, 5.41) is 13.7. The van der Waals surface area contributed by atoms with E-state index in [9.17, 15) is 19.7 Å². The maximum atomic E-state index is 13.1. The molecule has 0 saturated carbocycles. The third-order valence-corrected chi connectivity index (χ3v) is 4.74. The molecule has 0 atom stereocenters. The third kappa shape index (κ3) is 4.16. The van der Waals surface area contributed by atoms with Gasteiger partial charge in [-0.2, -0.15) is 0 Å². The van der Waals surface area contributed by atoms with Gasteiger partial charge in [0.05, 0.1) is 31.9 Å². The third-order valence-electron chi connectivity index (χ3n) is 4.46. The van der Waals surface area contributed by atoms with Crippen LogP contribution in [0.1, 0.15) is 5.56 Å². The Morgan fingerprint density at radius 3 is 2.23 bits per heavy atom. The number of thiocarbonyl (C=S) groups is 1. The Hall–Kier alpha value is -3.99. The van der Waals surface area contributed by atoms with Crippen molar-refractivity contribution in [1.29, 1.82) is 0 Å². The van der Waals surface area contributed by atoms with E-state index in [1.165, 1.54) is 33.5 Å². The fourth-order valence-corrected chi connectivity index (χ4v) is 3.22. The van der Waals surface area contributed by atoms with Crippen LogP contribution in [0.3, 0.4) is 0 Å². The van der Waals surface area contributed by atoms with Crippen LogP contribution >= 0.6 is 12.2 Å². The Kier molecular flexibility index (Phi) is 6.16. The molecule has 0 aliphatic carbocycles. The quantitative estimate of drug-likeness (QED) is 0.238. The monoisotopic (exact) mass is 443 g/mol. The number of nitrogens with zero attached hydrogens (tertiary/aromatic N) is 2. The van der Waals surface area contributed by atoms with Gasteiger partial charge in [-0.05, 0) is 42.6 Å². The number of amides is 2. The summed E-state index contributed by atoms with van der Waals surface area (Å²) < 4.78 is 15.4. The maximum absolute atomic E-state index is 13.1. The summed E-state index contributed by atoms with van der Waals surface area (Å²) in [6, 6.07) is 8.97. The summed E-state index contributed by atoms with van der Waals surface area (Å²) in [4.78, 5) is 37.5. The van der Waals surface area contributed by atoms with E-state index in [4.69, 9.17) is 26.4 Å². The predicted octanol–water partition coefficient (Wildman–Crippen LogP) is 2.45. The molecule has 3 rings (SSSR count). The van der Waals surface area contributed by atoms with Crippen molar-refractivity contribution >= 4 is 46.6 Å². The second-order valence-corrected chi connectivity index (χ2v) is 6.57. The summed E-state index contributed by atoms with van der Waals surface area (Å²) in [7, 11) is 4.14. The second kappa shape index (κ2) is 8.79. The van der Waals surface area contributed by atoms with Gasteiger partial charge in [0.1, 0.15) is 17.1 Å². The zero-order valence-electron chi connectivity index (χ0n) is 16.7. The zero-order chi connectivity index (χ0) is 22.7. The van der Waals surface area contributed by atoms with Crippen LogP contribution in [0, 0.1) is 10.1 Å². The lowest BCUT2D eigenvalue weighted by atomic mass is 10.0. The highest BCUT2D eigenvalue weighted by molar-refractivity contribution is 7.80. The van der Waals surface area contributed by atoms with E-state index in [2.05, 4.69) is 5.32 Å². The van der Waals surface area contributed by atoms with E-state index in [1.807, 2.05) is 0 Å². The molecule has 1 N–H and O–H groups in total. The van der Waals surface area contributed by atoms with Crippen molar-refractivity contribution in [2.75, 3.05) is 26.2 Å². The molecule has 2 aromatic carbocycles. The average molecular weight is 443 g/mol. The molecule has 0 unspecified atom stereocenters. The van der Waals surface area contributed by atoms with Gasteiger partial charge in [0, 0.05) is 17.7 Å². The molecule has 1 aliphatic rings. The van der Waals surface area contributed by atoms with Crippen LogP contribution < -0.4 is 24.4 Å². The smallest absolute Gasteiger partial charge is 0.311 e. The number of ether oxygens (including phenoxy) is 3. The standard InChI is InChI=1S/C20H17N3O7S/c1-28-13-6-4-12(5-7-13)22-19(25)14(18(24)21-20(22)31)8-11-9-15(23(26)27)17(30-3)10-16(11)29-2/h4-10H,1-3H3,(H,21,24,31). The van der Waals surface area contributed by atoms with E-state index < -0.39 is 16.7 Å². The molecule has 10 nitrogen and oxygen atoms in total. The van der Waals surface area contributed by atoms with Crippen molar-refractivity contribution in [1.82, 2.24) is 5.32 Å². The average Bonchev–Trinajstić information content (AvgIpc) is 2.76. The van der Waals surface area contributed by atoms with Crippen molar-refractivity contribution in [3.63, 3.8) is 0 Å². The highest BCUT2D eigenvalue weighted by Crippen LogP contribution is 2.36. The summed E-state index contributed by atoms with van der Waals surface area (Å²) >= 11 is 5.16. The number of anilines is 1. The first kappa shape index (κ1) is 21.7. The fourth-order valence-electron chi connectivity index (χ4n) is 2.94. The predicted molar refractivity (Wildman–Crippen MR) is 115 cm³/mol. The fraction of sp³-hybridized carbons (Fsp3) is 0.150. The second-order valence-electron chi connectivity index (χ2n) is 6.18. The minimum absolute atomic E-state index is 0.0236.